The van der Waals surface area contributed by atoms with Crippen molar-refractivity contribution in [2.24, 2.45) is 0 Å². The number of nitrogens with one attached hydrogen (secondary N) is 2. The van der Waals surface area contributed by atoms with Crippen LogP contribution in [0.4, 0.5) is 5.69 Å². The Balaban J connectivity index is 1.69. The van der Waals surface area contributed by atoms with Crippen molar-refractivity contribution < 1.29 is 14.3 Å². The summed E-state index contributed by atoms with van der Waals surface area (Å²) in [6.07, 6.45) is 0. The van der Waals surface area contributed by atoms with E-state index in [0.717, 1.165) is 17.3 Å². The smallest absolute Gasteiger partial charge is 0.337 e. The third-order valence-corrected chi connectivity index (χ3v) is 5.00. The summed E-state index contributed by atoms with van der Waals surface area (Å²) in [6.45, 7) is 1.72. The molecule has 0 saturated heterocycles. The van der Waals surface area contributed by atoms with Gasteiger partial charge in [0.25, 0.3) is 5.56 Å². The molecule has 148 valence electrons. The molecule has 1 heterocycles. The first-order valence-corrected chi connectivity index (χ1v) is 9.67. The summed E-state index contributed by atoms with van der Waals surface area (Å²) in [5.74, 6) is -0.700. The highest BCUT2D eigenvalue weighted by atomic mass is 32.2. The molecule has 0 aliphatic heterocycles. The van der Waals surface area contributed by atoms with Gasteiger partial charge in [0.1, 0.15) is 0 Å². The maximum Gasteiger partial charge on any atom is 0.337 e. The van der Waals surface area contributed by atoms with Crippen molar-refractivity contribution in [3.63, 3.8) is 0 Å². The highest BCUT2D eigenvalue weighted by molar-refractivity contribution is 8.00. The van der Waals surface area contributed by atoms with Crippen LogP contribution in [0.25, 0.3) is 11.3 Å². The molecule has 1 aromatic heterocycles. The van der Waals surface area contributed by atoms with E-state index in [1.807, 2.05) is 30.3 Å². The Labute approximate surface area is 171 Å². The average molecular weight is 409 g/mol. The molecule has 3 rings (SSSR count). The van der Waals surface area contributed by atoms with E-state index in [0.29, 0.717) is 22.1 Å². The number of anilines is 1. The predicted octanol–water partition coefficient (Wildman–Crippen LogP) is 3.34. The van der Waals surface area contributed by atoms with Crippen molar-refractivity contribution >= 4 is 29.3 Å². The lowest BCUT2D eigenvalue weighted by atomic mass is 10.1. The lowest BCUT2D eigenvalue weighted by Gasteiger charge is -2.12. The van der Waals surface area contributed by atoms with Gasteiger partial charge in [-0.15, -0.1) is 0 Å². The second kappa shape index (κ2) is 9.20. The number of hydrogen-bond acceptors (Lipinski definition) is 6. The molecule has 3 aromatic rings. The predicted molar refractivity (Wildman–Crippen MR) is 112 cm³/mol. The SMILES string of the molecule is COC(=O)c1ccc(NC(=O)[C@H](C)Sc2nc(-c3ccccc3)cc(=O)[nH]2)cc1. The van der Waals surface area contributed by atoms with Gasteiger partial charge in [0.05, 0.1) is 23.6 Å². The number of methoxy groups -OCH3 is 1. The minimum absolute atomic E-state index is 0.256. The van der Waals surface area contributed by atoms with E-state index in [4.69, 9.17) is 0 Å². The summed E-state index contributed by atoms with van der Waals surface area (Å²) in [5.41, 5.74) is 2.03. The van der Waals surface area contributed by atoms with Crippen LogP contribution in [-0.2, 0) is 9.53 Å². The van der Waals surface area contributed by atoms with Crippen LogP contribution < -0.4 is 10.9 Å². The monoisotopic (exact) mass is 409 g/mol. The Kier molecular flexibility index (Phi) is 6.46. The number of hydrogen-bond donors (Lipinski definition) is 2. The summed E-state index contributed by atoms with van der Waals surface area (Å²) >= 11 is 1.15. The standard InChI is InChI=1S/C21H19N3O4S/c1-13(19(26)22-16-10-8-15(9-11-16)20(27)28-2)29-21-23-17(12-18(25)24-21)14-6-4-3-5-7-14/h3-13H,1-2H3,(H,22,26)(H,23,24,25)/t13-/m0/s1. The number of benzene rings is 2. The van der Waals surface area contributed by atoms with E-state index in [-0.39, 0.29) is 11.5 Å². The first-order chi connectivity index (χ1) is 14.0. The Bertz CT molecular complexity index is 1070. The van der Waals surface area contributed by atoms with Gasteiger partial charge in [-0.1, -0.05) is 42.1 Å². The van der Waals surface area contributed by atoms with Crippen LogP contribution in [-0.4, -0.2) is 34.2 Å². The van der Waals surface area contributed by atoms with E-state index < -0.39 is 11.2 Å². The third-order valence-electron chi connectivity index (χ3n) is 4.02. The number of H-pyrrole nitrogens is 1. The number of rotatable bonds is 6. The molecule has 1 amide bonds. The number of carbonyl (C=O) groups excluding carboxylic acids is 2. The van der Waals surface area contributed by atoms with E-state index in [1.165, 1.54) is 13.2 Å². The second-order valence-electron chi connectivity index (χ2n) is 6.12. The second-order valence-corrected chi connectivity index (χ2v) is 7.45. The first-order valence-electron chi connectivity index (χ1n) is 8.79. The molecule has 0 saturated carbocycles. The topological polar surface area (TPSA) is 101 Å². The molecule has 0 fully saturated rings. The van der Waals surface area contributed by atoms with Crippen molar-refractivity contribution in [2.45, 2.75) is 17.3 Å². The number of amides is 1. The van der Waals surface area contributed by atoms with Crippen molar-refractivity contribution in [1.29, 1.82) is 0 Å². The number of esters is 1. The quantitative estimate of drug-likeness (QED) is 0.368. The molecule has 2 N–H and O–H groups in total. The minimum atomic E-state index is -0.510. The van der Waals surface area contributed by atoms with Gasteiger partial charge >= 0.3 is 5.97 Å². The lowest BCUT2D eigenvalue weighted by molar-refractivity contribution is -0.115. The number of aromatic nitrogens is 2. The van der Waals surface area contributed by atoms with Crippen LogP contribution in [0.1, 0.15) is 17.3 Å². The first kappa shape index (κ1) is 20.3. The van der Waals surface area contributed by atoms with Gasteiger partial charge in [0, 0.05) is 17.3 Å². The van der Waals surface area contributed by atoms with Gasteiger partial charge < -0.3 is 15.0 Å². The Hall–Kier alpha value is -3.39. The molecule has 0 bridgehead atoms. The zero-order valence-corrected chi connectivity index (χ0v) is 16.7. The molecule has 29 heavy (non-hydrogen) atoms. The maximum absolute atomic E-state index is 12.5. The summed E-state index contributed by atoms with van der Waals surface area (Å²) in [7, 11) is 1.31. The van der Waals surface area contributed by atoms with Crippen LogP contribution >= 0.6 is 11.8 Å². The number of ether oxygens (including phenoxy) is 1. The molecule has 8 heteroatoms. The van der Waals surface area contributed by atoms with Gasteiger partial charge in [-0.3, -0.25) is 9.59 Å². The normalized spacial score (nSPS) is 11.5. The minimum Gasteiger partial charge on any atom is -0.465 e. The van der Waals surface area contributed by atoms with Gasteiger partial charge in [-0.05, 0) is 31.2 Å². The zero-order valence-electron chi connectivity index (χ0n) is 15.8. The van der Waals surface area contributed by atoms with Crippen LogP contribution in [0.15, 0.2) is 70.6 Å². The van der Waals surface area contributed by atoms with Crippen molar-refractivity contribution in [3.05, 3.63) is 76.6 Å². The van der Waals surface area contributed by atoms with Crippen LogP contribution in [0.3, 0.4) is 0 Å². The Morgan fingerprint density at radius 2 is 1.79 bits per heavy atom. The summed E-state index contributed by atoms with van der Waals surface area (Å²) in [6, 6.07) is 17.2. The maximum atomic E-state index is 12.5. The summed E-state index contributed by atoms with van der Waals surface area (Å²) in [5, 5.41) is 2.63. The molecule has 7 nitrogen and oxygen atoms in total. The van der Waals surface area contributed by atoms with Gasteiger partial charge in [0.15, 0.2) is 5.16 Å². The number of aromatic amines is 1. The van der Waals surface area contributed by atoms with Gasteiger partial charge in [-0.2, -0.15) is 0 Å². The van der Waals surface area contributed by atoms with Crippen LogP contribution in [0, 0.1) is 0 Å². The molecule has 0 aliphatic rings. The summed E-state index contributed by atoms with van der Waals surface area (Å²) < 4.78 is 4.65. The van der Waals surface area contributed by atoms with E-state index >= 15 is 0 Å². The van der Waals surface area contributed by atoms with E-state index in [1.54, 1.807) is 31.2 Å². The van der Waals surface area contributed by atoms with Gasteiger partial charge in [-0.25, -0.2) is 9.78 Å². The fourth-order valence-corrected chi connectivity index (χ4v) is 3.33. The Morgan fingerprint density at radius 1 is 1.10 bits per heavy atom. The number of thioether (sulfide) groups is 1. The average Bonchev–Trinajstić information content (AvgIpc) is 2.74. The van der Waals surface area contributed by atoms with E-state index in [2.05, 4.69) is 20.0 Å². The fraction of sp³-hybridized carbons (Fsp3) is 0.143. The molecule has 0 aliphatic carbocycles. The van der Waals surface area contributed by atoms with Crippen molar-refractivity contribution in [1.82, 2.24) is 9.97 Å². The van der Waals surface area contributed by atoms with Crippen molar-refractivity contribution in [3.8, 4) is 11.3 Å². The zero-order chi connectivity index (χ0) is 20.8. The molecule has 0 radical (unpaired) electrons. The largest absolute Gasteiger partial charge is 0.465 e. The van der Waals surface area contributed by atoms with Crippen LogP contribution in [0.2, 0.25) is 0 Å². The lowest BCUT2D eigenvalue weighted by Crippen LogP contribution is -2.23. The van der Waals surface area contributed by atoms with Crippen molar-refractivity contribution in [2.75, 3.05) is 12.4 Å². The molecule has 0 unspecified atom stereocenters. The number of nitrogens with zero attached hydrogens (tertiary/aromatic N) is 1. The van der Waals surface area contributed by atoms with Gasteiger partial charge in [0.2, 0.25) is 5.91 Å². The Morgan fingerprint density at radius 3 is 2.45 bits per heavy atom. The molecule has 2 aromatic carbocycles. The van der Waals surface area contributed by atoms with E-state index in [9.17, 15) is 14.4 Å². The highest BCUT2D eigenvalue weighted by Gasteiger charge is 2.17. The van der Waals surface area contributed by atoms with Crippen LogP contribution in [0.5, 0.6) is 0 Å². The molecular weight excluding hydrogens is 390 g/mol. The number of carbonyl (C=O) groups is 2. The summed E-state index contributed by atoms with van der Waals surface area (Å²) in [4.78, 5) is 43.1. The molecule has 0 spiro atoms. The third kappa shape index (κ3) is 5.32. The fourth-order valence-electron chi connectivity index (χ4n) is 2.52. The molecule has 1 atom stereocenters. The highest BCUT2D eigenvalue weighted by Crippen LogP contribution is 2.23. The molecular formula is C21H19N3O4S.